The zero-order chi connectivity index (χ0) is 35.9. The Bertz CT molecular complexity index is 717. The van der Waals surface area contributed by atoms with Crippen LogP contribution in [0.15, 0.2) is 36.5 Å². The molecular formula is C30H66N3O10P. The second-order valence-electron chi connectivity index (χ2n) is 14.2. The van der Waals surface area contributed by atoms with E-state index < -0.39 is 7.82 Å². The van der Waals surface area contributed by atoms with Crippen molar-refractivity contribution in [2.75, 3.05) is 123 Å². The van der Waals surface area contributed by atoms with Gasteiger partial charge in [-0.05, 0) is 20.8 Å². The van der Waals surface area contributed by atoms with Gasteiger partial charge in [-0.15, -0.1) is 0 Å². The Morgan fingerprint density at radius 3 is 0.841 bits per heavy atom. The standard InChI is InChI=1S/3C10H22NO2.H3O4P/c3*1-9(2)7-13-8-10(12)6-11(3,4)5;1-5(2,3)4/h3*10,12H,1,6-8H2,2-5H3;(H3,1,2,3,4)/q3*+1;/p-3. The van der Waals surface area contributed by atoms with Gasteiger partial charge in [-0.2, -0.15) is 7.82 Å². The highest BCUT2D eigenvalue weighted by Gasteiger charge is 2.16. The second-order valence-corrected chi connectivity index (χ2v) is 15.1. The summed E-state index contributed by atoms with van der Waals surface area (Å²) < 4.78 is 26.5. The second kappa shape index (κ2) is 25.1. The lowest BCUT2D eigenvalue weighted by atomic mass is 10.3. The van der Waals surface area contributed by atoms with E-state index in [1.54, 1.807) is 0 Å². The van der Waals surface area contributed by atoms with Gasteiger partial charge in [0.15, 0.2) is 0 Å². The van der Waals surface area contributed by atoms with Crippen LogP contribution in [0.4, 0.5) is 0 Å². The summed E-state index contributed by atoms with van der Waals surface area (Å²) in [6.07, 6.45) is -1.17. The molecule has 13 nitrogen and oxygen atoms in total. The molecule has 0 aliphatic carbocycles. The van der Waals surface area contributed by atoms with E-state index in [0.29, 0.717) is 59.3 Å². The molecule has 0 aromatic heterocycles. The van der Waals surface area contributed by atoms with Crippen molar-refractivity contribution in [3.05, 3.63) is 36.5 Å². The van der Waals surface area contributed by atoms with Crippen LogP contribution in [0.1, 0.15) is 20.8 Å². The predicted molar refractivity (Wildman–Crippen MR) is 171 cm³/mol. The summed E-state index contributed by atoms with van der Waals surface area (Å²) in [5.41, 5.74) is 2.95. The summed E-state index contributed by atoms with van der Waals surface area (Å²) in [7, 11) is 13.0. The van der Waals surface area contributed by atoms with Gasteiger partial charge >= 0.3 is 0 Å². The molecule has 0 aliphatic heterocycles. The van der Waals surface area contributed by atoms with Crippen LogP contribution < -0.4 is 14.7 Å². The van der Waals surface area contributed by atoms with E-state index in [4.69, 9.17) is 33.5 Å². The lowest BCUT2D eigenvalue weighted by Crippen LogP contribution is -2.43. The minimum atomic E-state index is -5.39. The van der Waals surface area contributed by atoms with Gasteiger partial charge in [0.25, 0.3) is 0 Å². The molecule has 44 heavy (non-hydrogen) atoms. The van der Waals surface area contributed by atoms with Crippen LogP contribution in [0.5, 0.6) is 0 Å². The summed E-state index contributed by atoms with van der Waals surface area (Å²) >= 11 is 0. The fourth-order valence-electron chi connectivity index (χ4n) is 3.16. The summed E-state index contributed by atoms with van der Waals surface area (Å²) in [6, 6.07) is 0. The van der Waals surface area contributed by atoms with Crippen molar-refractivity contribution in [1.82, 2.24) is 0 Å². The van der Waals surface area contributed by atoms with Crippen LogP contribution in [0.3, 0.4) is 0 Å². The third-order valence-corrected chi connectivity index (χ3v) is 4.25. The number of phosphoric acid groups is 1. The minimum Gasteiger partial charge on any atom is -0.822 e. The van der Waals surface area contributed by atoms with Crippen molar-refractivity contribution < 1.29 is 62.2 Å². The molecule has 0 rings (SSSR count). The number of hydrogen-bond donors (Lipinski definition) is 3. The maximum atomic E-state index is 9.53. The van der Waals surface area contributed by atoms with Crippen LogP contribution in [0, 0.1) is 0 Å². The number of likely N-dealkylation sites (N-methyl/N-ethyl adjacent to an activating group) is 3. The number of ether oxygens (including phenoxy) is 3. The van der Waals surface area contributed by atoms with E-state index in [1.807, 2.05) is 84.2 Å². The Balaban J connectivity index is -0.000000253. The van der Waals surface area contributed by atoms with E-state index in [2.05, 4.69) is 19.7 Å². The third kappa shape index (κ3) is 64.0. The predicted octanol–water partition coefficient (Wildman–Crippen LogP) is -0.886. The normalized spacial score (nSPS) is 14.0. The highest BCUT2D eigenvalue weighted by Crippen LogP contribution is 2.03. The molecule has 3 unspecified atom stereocenters. The number of aliphatic hydroxyl groups is 3. The van der Waals surface area contributed by atoms with Crippen LogP contribution in [0.25, 0.3) is 0 Å². The average Bonchev–Trinajstić information content (AvgIpc) is 2.68. The third-order valence-electron chi connectivity index (χ3n) is 4.25. The molecule has 0 aliphatic rings. The number of quaternary nitrogens is 3. The molecule has 0 amide bonds. The van der Waals surface area contributed by atoms with Crippen molar-refractivity contribution in [3.8, 4) is 0 Å². The zero-order valence-corrected chi connectivity index (χ0v) is 30.6. The quantitative estimate of drug-likeness (QED) is 0.0952. The number of rotatable bonds is 18. The maximum absolute atomic E-state index is 9.53. The Kier molecular flexibility index (Phi) is 28.4. The molecule has 0 spiro atoms. The first kappa shape index (κ1) is 49.8. The van der Waals surface area contributed by atoms with Gasteiger partial charge in [-0.25, -0.2) is 0 Å². The number of aliphatic hydroxyl groups excluding tert-OH is 3. The molecule has 0 aromatic rings. The van der Waals surface area contributed by atoms with Crippen molar-refractivity contribution in [3.63, 3.8) is 0 Å². The molecule has 3 atom stereocenters. The van der Waals surface area contributed by atoms with Crippen LogP contribution in [-0.2, 0) is 18.8 Å². The fourth-order valence-corrected chi connectivity index (χ4v) is 3.16. The van der Waals surface area contributed by atoms with Crippen molar-refractivity contribution in [2.24, 2.45) is 0 Å². The van der Waals surface area contributed by atoms with Gasteiger partial charge in [0.05, 0.1) is 103 Å². The fraction of sp³-hybridized carbons (Fsp3) is 0.800. The van der Waals surface area contributed by atoms with Crippen LogP contribution >= 0.6 is 7.82 Å². The van der Waals surface area contributed by atoms with E-state index in [-0.39, 0.29) is 18.3 Å². The topological polar surface area (TPSA) is 175 Å². The maximum Gasteiger partial charge on any atom is 0.126 e. The monoisotopic (exact) mass is 659 g/mol. The molecular weight excluding hydrogens is 593 g/mol. The SMILES string of the molecule is C=C(C)COCC(O)C[N+](C)(C)C.C=C(C)COCC(O)C[N+](C)(C)C.C=C(C)COCC(O)C[N+](C)(C)C.O=P([O-])([O-])[O-]. The van der Waals surface area contributed by atoms with Crippen molar-refractivity contribution in [2.45, 2.75) is 39.1 Å². The van der Waals surface area contributed by atoms with Gasteiger partial charge in [0.2, 0.25) is 0 Å². The van der Waals surface area contributed by atoms with Gasteiger partial charge < -0.3 is 62.2 Å². The summed E-state index contributed by atoms with van der Waals surface area (Å²) in [5, 5.41) is 28.6. The van der Waals surface area contributed by atoms with Crippen molar-refractivity contribution >= 4 is 7.82 Å². The molecule has 0 saturated carbocycles. The van der Waals surface area contributed by atoms with E-state index >= 15 is 0 Å². The zero-order valence-electron chi connectivity index (χ0n) is 29.7. The van der Waals surface area contributed by atoms with Gasteiger partial charge in [0.1, 0.15) is 37.9 Å². The highest BCUT2D eigenvalue weighted by molar-refractivity contribution is 7.40. The largest absolute Gasteiger partial charge is 0.822 e. The van der Waals surface area contributed by atoms with Gasteiger partial charge in [-0.1, -0.05) is 36.5 Å². The molecule has 0 fully saturated rings. The molecule has 3 N–H and O–H groups in total. The number of nitrogens with zero attached hydrogens (tertiary/aromatic N) is 3. The van der Waals surface area contributed by atoms with Crippen LogP contribution in [0.2, 0.25) is 0 Å². The molecule has 0 radical (unpaired) electrons. The molecule has 0 saturated heterocycles. The lowest BCUT2D eigenvalue weighted by molar-refractivity contribution is -0.873. The summed E-state index contributed by atoms with van der Waals surface area (Å²) in [5.74, 6) is 0. The summed E-state index contributed by atoms with van der Waals surface area (Å²) in [4.78, 5) is 25.6. The van der Waals surface area contributed by atoms with E-state index in [9.17, 15) is 15.3 Å². The Morgan fingerprint density at radius 2 is 0.727 bits per heavy atom. The van der Waals surface area contributed by atoms with Crippen molar-refractivity contribution in [1.29, 1.82) is 0 Å². The molecule has 14 heteroatoms. The van der Waals surface area contributed by atoms with Crippen LogP contribution in [-0.4, -0.2) is 170 Å². The first-order valence-corrected chi connectivity index (χ1v) is 15.7. The first-order chi connectivity index (χ1) is 19.4. The lowest BCUT2D eigenvalue weighted by Gasteiger charge is -2.36. The summed E-state index contributed by atoms with van der Waals surface area (Å²) in [6.45, 7) is 21.8. The molecule has 0 bridgehead atoms. The smallest absolute Gasteiger partial charge is 0.126 e. The highest BCUT2D eigenvalue weighted by atomic mass is 31.2. The minimum absolute atomic E-state index is 0.389. The number of hydrogen-bond acceptors (Lipinski definition) is 10. The molecule has 266 valence electrons. The van der Waals surface area contributed by atoms with Gasteiger partial charge in [0, 0.05) is 0 Å². The average molecular weight is 660 g/mol. The molecule has 0 heterocycles. The first-order valence-electron chi connectivity index (χ1n) is 14.3. The Hall–Kier alpha value is -1.03. The van der Waals surface area contributed by atoms with E-state index in [1.165, 1.54) is 0 Å². The van der Waals surface area contributed by atoms with Gasteiger partial charge in [-0.3, -0.25) is 0 Å². The Labute approximate surface area is 268 Å². The molecule has 0 aromatic carbocycles. The van der Waals surface area contributed by atoms with E-state index in [0.717, 1.165) is 30.2 Å². The Morgan fingerprint density at radius 1 is 0.568 bits per heavy atom.